The van der Waals surface area contributed by atoms with Crippen LogP contribution in [0.4, 0.5) is 9.93 Å². The fourth-order valence-corrected chi connectivity index (χ4v) is 7.45. The van der Waals surface area contributed by atoms with Crippen LogP contribution in [0.1, 0.15) is 77.6 Å². The zero-order valence-electron chi connectivity index (χ0n) is 19.8. The van der Waals surface area contributed by atoms with Crippen LogP contribution in [0.15, 0.2) is 10.4 Å². The van der Waals surface area contributed by atoms with Crippen molar-refractivity contribution >= 4 is 39.6 Å². The van der Waals surface area contributed by atoms with E-state index in [4.69, 9.17) is 14.0 Å². The van der Waals surface area contributed by atoms with Crippen LogP contribution < -0.4 is 5.32 Å². The highest BCUT2D eigenvalue weighted by Crippen LogP contribution is 2.33. The predicted octanol–water partition coefficient (Wildman–Crippen LogP) is 5.06. The Labute approximate surface area is 204 Å². The lowest BCUT2D eigenvalue weighted by atomic mass is 9.88. The maximum absolute atomic E-state index is 13.5. The molecule has 1 aromatic rings. The number of carbonyl (C=O) groups excluding carboxylic acids is 1. The molecule has 1 heterocycles. The van der Waals surface area contributed by atoms with E-state index >= 15 is 0 Å². The third kappa shape index (κ3) is 7.83. The Morgan fingerprint density at radius 3 is 2.52 bits per heavy atom. The summed E-state index contributed by atoms with van der Waals surface area (Å²) in [4.78, 5) is 30.9. The number of aliphatic carboxylic acids is 1. The number of carboxylic acid groups (broad SMARTS) is 1. The summed E-state index contributed by atoms with van der Waals surface area (Å²) in [6.07, 6.45) is 12.7. The Balaban J connectivity index is 1.64. The first-order valence-corrected chi connectivity index (χ1v) is 14.3. The molecule has 2 fully saturated rings. The number of carbonyl (C=O) groups is 2. The van der Waals surface area contributed by atoms with Gasteiger partial charge in [0, 0.05) is 18.7 Å². The molecule has 1 aromatic heterocycles. The van der Waals surface area contributed by atoms with Crippen molar-refractivity contribution in [3.8, 4) is 0 Å². The Morgan fingerprint density at radius 1 is 1.18 bits per heavy atom. The maximum atomic E-state index is 13.5. The normalized spacial score (nSPS) is 22.6. The summed E-state index contributed by atoms with van der Waals surface area (Å²) in [7, 11) is 1.58. The van der Waals surface area contributed by atoms with Crippen molar-refractivity contribution in [2.75, 3.05) is 24.8 Å². The molecule has 0 bridgehead atoms. The van der Waals surface area contributed by atoms with Crippen LogP contribution in [0.2, 0.25) is 0 Å². The zero-order valence-corrected chi connectivity index (χ0v) is 21.4. The third-order valence-corrected chi connectivity index (χ3v) is 9.47. The topological polar surface area (TPSA) is 101 Å². The SMILES string of the molecule is CCCOC1CCC(N(C(=O)Nc2ncc([S+](CCC(=O)O)OC)s2)C2CCCCC2)CC1. The lowest BCUT2D eigenvalue weighted by molar-refractivity contribution is -0.136. The van der Waals surface area contributed by atoms with Crippen LogP contribution in [-0.2, 0) is 24.9 Å². The minimum absolute atomic E-state index is 0.0383. The molecular weight excluding hydrogens is 462 g/mol. The minimum atomic E-state index is -0.847. The van der Waals surface area contributed by atoms with Gasteiger partial charge in [-0.05, 0) is 56.3 Å². The quantitative estimate of drug-likeness (QED) is 0.412. The van der Waals surface area contributed by atoms with Crippen LogP contribution in [0.3, 0.4) is 0 Å². The number of urea groups is 1. The Morgan fingerprint density at radius 2 is 1.88 bits per heavy atom. The molecule has 0 aromatic carbocycles. The fourth-order valence-electron chi connectivity index (χ4n) is 4.79. The van der Waals surface area contributed by atoms with Gasteiger partial charge in [-0.3, -0.25) is 10.1 Å². The smallest absolute Gasteiger partial charge is 0.324 e. The molecule has 2 amide bonds. The van der Waals surface area contributed by atoms with Crippen LogP contribution in [0.5, 0.6) is 0 Å². The molecule has 186 valence electrons. The van der Waals surface area contributed by atoms with E-state index in [0.29, 0.717) is 17.0 Å². The second-order valence-electron chi connectivity index (χ2n) is 8.78. The second kappa shape index (κ2) is 13.5. The summed E-state index contributed by atoms with van der Waals surface area (Å²) < 4.78 is 12.3. The van der Waals surface area contributed by atoms with Gasteiger partial charge in [0.15, 0.2) is 22.1 Å². The van der Waals surface area contributed by atoms with Gasteiger partial charge in [0.05, 0.1) is 25.8 Å². The summed E-state index contributed by atoms with van der Waals surface area (Å²) in [5, 5.41) is 12.5. The van der Waals surface area contributed by atoms with Gasteiger partial charge in [-0.15, -0.1) is 0 Å². The van der Waals surface area contributed by atoms with E-state index in [9.17, 15) is 9.59 Å². The number of anilines is 1. The molecule has 2 aliphatic carbocycles. The van der Waals surface area contributed by atoms with Crippen molar-refractivity contribution in [3.05, 3.63) is 6.20 Å². The Hall–Kier alpha value is -1.36. The average Bonchev–Trinajstić information content (AvgIpc) is 3.27. The van der Waals surface area contributed by atoms with E-state index in [1.54, 1.807) is 13.3 Å². The molecule has 0 spiro atoms. The Kier molecular flexibility index (Phi) is 10.7. The molecule has 0 aliphatic heterocycles. The van der Waals surface area contributed by atoms with E-state index in [1.165, 1.54) is 30.6 Å². The van der Waals surface area contributed by atoms with Crippen molar-refractivity contribution in [1.29, 1.82) is 0 Å². The zero-order chi connectivity index (χ0) is 23.6. The summed E-state index contributed by atoms with van der Waals surface area (Å²) in [6.45, 7) is 2.94. The molecule has 8 nitrogen and oxygen atoms in total. The monoisotopic (exact) mass is 500 g/mol. The molecule has 10 heteroatoms. The molecule has 2 saturated carbocycles. The van der Waals surface area contributed by atoms with Gasteiger partial charge in [-0.25, -0.2) is 9.78 Å². The second-order valence-corrected chi connectivity index (χ2v) is 11.9. The molecule has 0 saturated heterocycles. The van der Waals surface area contributed by atoms with Gasteiger partial charge in [-0.2, -0.15) is 4.18 Å². The highest BCUT2D eigenvalue weighted by Gasteiger charge is 2.35. The average molecular weight is 501 g/mol. The van der Waals surface area contributed by atoms with Crippen molar-refractivity contribution in [2.45, 2.75) is 99.9 Å². The third-order valence-electron chi connectivity index (χ3n) is 6.42. The highest BCUT2D eigenvalue weighted by atomic mass is 32.2. The first-order chi connectivity index (χ1) is 16.0. The number of rotatable bonds is 11. The lowest BCUT2D eigenvalue weighted by Gasteiger charge is -2.42. The van der Waals surface area contributed by atoms with E-state index < -0.39 is 17.1 Å². The molecule has 3 rings (SSSR count). The Bertz CT molecular complexity index is 748. The molecule has 1 unspecified atom stereocenters. The van der Waals surface area contributed by atoms with E-state index in [2.05, 4.69) is 22.1 Å². The van der Waals surface area contributed by atoms with Gasteiger partial charge in [0.1, 0.15) is 0 Å². The fraction of sp³-hybridized carbons (Fsp3) is 0.783. The highest BCUT2D eigenvalue weighted by molar-refractivity contribution is 7.94. The van der Waals surface area contributed by atoms with Crippen molar-refractivity contribution < 1.29 is 23.6 Å². The number of carboxylic acids is 1. The number of amides is 2. The number of hydrogen-bond donors (Lipinski definition) is 2. The molecule has 1 atom stereocenters. The summed E-state index contributed by atoms with van der Waals surface area (Å²) >= 11 is 0.731. The maximum Gasteiger partial charge on any atom is 0.324 e. The molecule has 33 heavy (non-hydrogen) atoms. The van der Waals surface area contributed by atoms with Gasteiger partial charge >= 0.3 is 12.0 Å². The minimum Gasteiger partial charge on any atom is -0.481 e. The van der Waals surface area contributed by atoms with Gasteiger partial charge in [0.2, 0.25) is 0 Å². The summed E-state index contributed by atoms with van der Waals surface area (Å²) in [6, 6.07) is 0.446. The number of nitrogens with zero attached hydrogens (tertiary/aromatic N) is 2. The molecule has 0 radical (unpaired) electrons. The molecular formula is C23H38N3O5S2+. The summed E-state index contributed by atoms with van der Waals surface area (Å²) in [5.74, 6) is -0.445. The van der Waals surface area contributed by atoms with E-state index in [1.807, 2.05) is 0 Å². The van der Waals surface area contributed by atoms with Crippen LogP contribution in [0.25, 0.3) is 0 Å². The summed E-state index contributed by atoms with van der Waals surface area (Å²) in [5.41, 5.74) is 0. The van der Waals surface area contributed by atoms with Gasteiger partial charge in [-0.1, -0.05) is 26.2 Å². The lowest BCUT2D eigenvalue weighted by Crippen LogP contribution is -2.51. The van der Waals surface area contributed by atoms with E-state index in [-0.39, 0.29) is 24.5 Å². The van der Waals surface area contributed by atoms with Crippen molar-refractivity contribution in [3.63, 3.8) is 0 Å². The standard InChI is InChI=1S/C23H37N3O5S2/c1-3-14-31-19-11-9-18(10-12-19)26(17-7-5-4-6-8-17)23(29)25-22-24-16-21(32-22)33(30-2)15-13-20(27)28/h16-19H,3-15H2,1-2H3,(H-,24,25,27,28,29)/p+1. The first-order valence-electron chi connectivity index (χ1n) is 12.2. The van der Waals surface area contributed by atoms with E-state index in [0.717, 1.165) is 55.8 Å². The largest absolute Gasteiger partial charge is 0.481 e. The van der Waals surface area contributed by atoms with Crippen molar-refractivity contribution in [1.82, 2.24) is 9.88 Å². The number of aromatic nitrogens is 1. The first kappa shape index (κ1) is 26.2. The number of nitrogens with one attached hydrogen (secondary N) is 1. The van der Waals surface area contributed by atoms with Crippen LogP contribution in [-0.4, -0.2) is 64.6 Å². The van der Waals surface area contributed by atoms with Crippen LogP contribution in [0, 0.1) is 0 Å². The molecule has 2 aliphatic rings. The van der Waals surface area contributed by atoms with Gasteiger partial charge in [0.25, 0.3) is 4.21 Å². The number of hydrogen-bond acceptors (Lipinski definition) is 6. The predicted molar refractivity (Wildman–Crippen MR) is 132 cm³/mol. The molecule has 2 N–H and O–H groups in total. The van der Waals surface area contributed by atoms with Gasteiger partial charge < -0.3 is 14.7 Å². The van der Waals surface area contributed by atoms with Crippen molar-refractivity contribution in [2.24, 2.45) is 0 Å². The van der Waals surface area contributed by atoms with Crippen LogP contribution >= 0.6 is 11.3 Å². The number of ether oxygens (including phenoxy) is 1. The number of thiazole rings is 1.